The third kappa shape index (κ3) is 2.45. The van der Waals surface area contributed by atoms with E-state index in [0.29, 0.717) is 30.9 Å². The Morgan fingerprint density at radius 2 is 2.03 bits per heavy atom. The van der Waals surface area contributed by atoms with Crippen molar-refractivity contribution in [3.05, 3.63) is 34.7 Å². The monoisotopic (exact) mass is 408 g/mol. The predicted molar refractivity (Wildman–Crippen MR) is 114 cm³/mol. The molecule has 160 valence electrons. The topological polar surface area (TPSA) is 44.1 Å². The molecule has 0 unspecified atom stereocenters. The molecule has 0 bridgehead atoms. The number of fused-ring (bicyclic) bond motifs is 1. The minimum atomic E-state index is -0.656. The van der Waals surface area contributed by atoms with Gasteiger partial charge in [0, 0.05) is 17.9 Å². The lowest BCUT2D eigenvalue weighted by atomic mass is 9.52. The van der Waals surface area contributed by atoms with Gasteiger partial charge in [0.05, 0.1) is 19.8 Å². The van der Waals surface area contributed by atoms with Crippen LogP contribution in [0.15, 0.2) is 12.1 Å². The van der Waals surface area contributed by atoms with Gasteiger partial charge in [0.1, 0.15) is 5.75 Å². The number of nitrogens with one attached hydrogen (secondary N) is 1. The van der Waals surface area contributed by atoms with E-state index in [1.165, 1.54) is 30.4 Å². The molecule has 0 radical (unpaired) electrons. The first-order valence-corrected chi connectivity index (χ1v) is 11.9. The maximum atomic E-state index is 7.73. The summed E-state index contributed by atoms with van der Waals surface area (Å²) in [6.45, 7) is 12.4. The zero-order valence-electron chi connectivity index (χ0n) is 17.9. The first-order chi connectivity index (χ1) is 14.7. The Hall–Kier alpha value is -1.61. The van der Waals surface area contributed by atoms with Gasteiger partial charge in [0.15, 0.2) is 6.10 Å². The second kappa shape index (κ2) is 6.95. The lowest BCUT2D eigenvalue weighted by molar-refractivity contribution is -0.254. The van der Waals surface area contributed by atoms with E-state index in [9.17, 15) is 0 Å². The zero-order valence-corrected chi connectivity index (χ0v) is 17.9. The molecule has 0 amide bonds. The van der Waals surface area contributed by atoms with Crippen LogP contribution in [0, 0.1) is 18.4 Å². The summed E-state index contributed by atoms with van der Waals surface area (Å²) in [7, 11) is 0. The lowest BCUT2D eigenvalue weighted by Gasteiger charge is -2.56. The van der Waals surface area contributed by atoms with Crippen LogP contribution < -0.4 is 10.1 Å². The summed E-state index contributed by atoms with van der Waals surface area (Å²) in [4.78, 5) is 3.82. The molecule has 2 saturated carbocycles. The fourth-order valence-electron chi connectivity index (χ4n) is 7.25. The van der Waals surface area contributed by atoms with Crippen molar-refractivity contribution in [2.45, 2.75) is 81.6 Å². The minimum Gasteiger partial charge on any atom is -0.495 e. The normalized spacial score (nSPS) is 35.5. The largest absolute Gasteiger partial charge is 0.495 e. The van der Waals surface area contributed by atoms with Gasteiger partial charge in [-0.05, 0) is 61.6 Å². The van der Waals surface area contributed by atoms with Gasteiger partial charge in [-0.1, -0.05) is 31.9 Å². The van der Waals surface area contributed by atoms with Crippen molar-refractivity contribution in [3.8, 4) is 5.75 Å². The molecule has 1 saturated heterocycles. The molecule has 30 heavy (non-hydrogen) atoms. The zero-order chi connectivity index (χ0) is 20.3. The van der Waals surface area contributed by atoms with E-state index in [1.54, 1.807) is 0 Å². The Morgan fingerprint density at radius 1 is 1.20 bits per heavy atom. The summed E-state index contributed by atoms with van der Waals surface area (Å²) in [5, 5.41) is 4.00. The van der Waals surface area contributed by atoms with Crippen LogP contribution in [0.3, 0.4) is 0 Å². The molecule has 1 aromatic rings. The van der Waals surface area contributed by atoms with Crippen molar-refractivity contribution >= 4 is 5.69 Å². The summed E-state index contributed by atoms with van der Waals surface area (Å²) >= 11 is 0. The molecule has 2 aliphatic heterocycles. The molecule has 1 aromatic carbocycles. The maximum Gasteiger partial charge on any atom is 0.228 e. The predicted octanol–water partition coefficient (Wildman–Crippen LogP) is 4.50. The van der Waals surface area contributed by atoms with Crippen LogP contribution in [-0.2, 0) is 21.3 Å². The standard InChI is InChI=1S/C25H32N2O3/c1-3-10-24-18-9-11-25(28-12-13-29-25)23(24)30-22-19(26-2)8-7-17(21(22)24)14-20(18)27-15-16-5-4-6-16/h7-8,16,18,20,23,27H,3-6,9-15H2,1H3/t18-,20+,23+,24-/m0/s1. The summed E-state index contributed by atoms with van der Waals surface area (Å²) < 4.78 is 19.3. The van der Waals surface area contributed by atoms with Crippen molar-refractivity contribution < 1.29 is 14.2 Å². The van der Waals surface area contributed by atoms with Gasteiger partial charge in [-0.3, -0.25) is 0 Å². The fourth-order valence-corrected chi connectivity index (χ4v) is 7.25. The van der Waals surface area contributed by atoms with Crippen LogP contribution in [0.1, 0.15) is 63.0 Å². The molecule has 5 aliphatic rings. The number of benzene rings is 1. The van der Waals surface area contributed by atoms with Crippen LogP contribution in [0.25, 0.3) is 4.85 Å². The minimum absolute atomic E-state index is 0.127. The first kappa shape index (κ1) is 19.1. The molecular weight excluding hydrogens is 376 g/mol. The Balaban J connectivity index is 1.48. The van der Waals surface area contributed by atoms with Gasteiger partial charge in [-0.15, -0.1) is 0 Å². The van der Waals surface area contributed by atoms with Crippen LogP contribution in [0.2, 0.25) is 0 Å². The molecule has 1 spiro atoms. The summed E-state index contributed by atoms with van der Waals surface area (Å²) in [6.07, 6.45) is 9.12. The number of nitrogens with zero attached hydrogens (tertiary/aromatic N) is 1. The fraction of sp³-hybridized carbons (Fsp3) is 0.720. The number of hydrogen-bond acceptors (Lipinski definition) is 4. The molecule has 4 atom stereocenters. The molecule has 5 heteroatoms. The Kier molecular flexibility index (Phi) is 4.43. The van der Waals surface area contributed by atoms with E-state index in [1.807, 2.05) is 6.07 Å². The number of hydrogen-bond donors (Lipinski definition) is 1. The Labute approximate surface area is 179 Å². The highest BCUT2D eigenvalue weighted by molar-refractivity contribution is 5.69. The van der Waals surface area contributed by atoms with Crippen LogP contribution in [0.4, 0.5) is 5.69 Å². The number of ether oxygens (including phenoxy) is 3. The Morgan fingerprint density at radius 3 is 2.73 bits per heavy atom. The van der Waals surface area contributed by atoms with E-state index in [2.05, 4.69) is 23.2 Å². The van der Waals surface area contributed by atoms with Gasteiger partial charge >= 0.3 is 0 Å². The van der Waals surface area contributed by atoms with E-state index < -0.39 is 5.79 Å². The SMILES string of the molecule is [C-]#[N+]c1ccc2c3c1O[C@H]1C4(CC[C@@H]([C@H](NCC5CCC5)C2)[C@@]31CCC)OCCO4. The molecule has 0 aromatic heterocycles. The van der Waals surface area contributed by atoms with Crippen molar-refractivity contribution in [1.82, 2.24) is 5.32 Å². The average molecular weight is 409 g/mol. The van der Waals surface area contributed by atoms with Crippen molar-refractivity contribution in [2.24, 2.45) is 11.8 Å². The molecule has 1 N–H and O–H groups in total. The van der Waals surface area contributed by atoms with E-state index in [0.717, 1.165) is 50.3 Å². The van der Waals surface area contributed by atoms with E-state index >= 15 is 0 Å². The third-order valence-corrected chi connectivity index (χ3v) is 8.64. The van der Waals surface area contributed by atoms with Crippen LogP contribution in [0.5, 0.6) is 5.75 Å². The molecular formula is C25H32N2O3. The second-order valence-electron chi connectivity index (χ2n) is 10.0. The first-order valence-electron chi connectivity index (χ1n) is 11.9. The molecule has 6 rings (SSSR count). The van der Waals surface area contributed by atoms with Crippen molar-refractivity contribution in [3.63, 3.8) is 0 Å². The van der Waals surface area contributed by atoms with Gasteiger partial charge in [-0.25, -0.2) is 4.85 Å². The Bertz CT molecular complexity index is 883. The highest BCUT2D eigenvalue weighted by Gasteiger charge is 2.69. The van der Waals surface area contributed by atoms with Crippen LogP contribution in [-0.4, -0.2) is 37.7 Å². The molecule has 3 fully saturated rings. The number of rotatable bonds is 5. The molecule has 5 nitrogen and oxygen atoms in total. The van der Waals surface area contributed by atoms with Crippen molar-refractivity contribution in [1.29, 1.82) is 0 Å². The quantitative estimate of drug-likeness (QED) is 0.729. The van der Waals surface area contributed by atoms with Crippen LogP contribution >= 0.6 is 0 Å². The summed E-state index contributed by atoms with van der Waals surface area (Å²) in [6, 6.07) is 4.62. The van der Waals surface area contributed by atoms with Gasteiger partial charge < -0.3 is 19.5 Å². The third-order valence-electron chi connectivity index (χ3n) is 8.64. The highest BCUT2D eigenvalue weighted by Crippen LogP contribution is 2.65. The van der Waals surface area contributed by atoms with E-state index in [-0.39, 0.29) is 11.5 Å². The second-order valence-corrected chi connectivity index (χ2v) is 10.0. The van der Waals surface area contributed by atoms with Gasteiger partial charge in [0.25, 0.3) is 0 Å². The molecule has 2 heterocycles. The maximum absolute atomic E-state index is 7.73. The summed E-state index contributed by atoms with van der Waals surface area (Å²) in [5.74, 6) is 1.51. The van der Waals surface area contributed by atoms with Crippen molar-refractivity contribution in [2.75, 3.05) is 19.8 Å². The lowest BCUT2D eigenvalue weighted by Crippen LogP contribution is -2.67. The average Bonchev–Trinajstić information content (AvgIpc) is 3.32. The van der Waals surface area contributed by atoms with E-state index in [4.69, 9.17) is 20.8 Å². The van der Waals surface area contributed by atoms with Gasteiger partial charge in [-0.2, -0.15) is 0 Å². The van der Waals surface area contributed by atoms with Gasteiger partial charge in [0.2, 0.25) is 11.5 Å². The summed E-state index contributed by atoms with van der Waals surface area (Å²) in [5.41, 5.74) is 3.20. The smallest absolute Gasteiger partial charge is 0.228 e. The highest BCUT2D eigenvalue weighted by atomic mass is 16.8. The molecule has 3 aliphatic carbocycles.